The average Bonchev–Trinajstić information content (AvgIpc) is 2.95. The normalized spacial score (nSPS) is 10.5. The Morgan fingerprint density at radius 1 is 1.29 bits per heavy atom. The number of hydrogen-bond donors (Lipinski definition) is 2. The quantitative estimate of drug-likeness (QED) is 0.514. The van der Waals surface area contributed by atoms with Crippen LogP contribution in [0.1, 0.15) is 38.2 Å². The first kappa shape index (κ1) is 18.6. The van der Waals surface area contributed by atoms with Gasteiger partial charge in [0.2, 0.25) is 5.91 Å². The van der Waals surface area contributed by atoms with Gasteiger partial charge in [0.05, 0.1) is 15.1 Å². The molecule has 0 aliphatic heterocycles. The number of benzene rings is 1. The van der Waals surface area contributed by atoms with Gasteiger partial charge in [0.1, 0.15) is 23.1 Å². The fourth-order valence-corrected chi connectivity index (χ4v) is 2.81. The summed E-state index contributed by atoms with van der Waals surface area (Å²) < 4.78 is 0. The maximum Gasteiger partial charge on any atom is 0.225 e. The summed E-state index contributed by atoms with van der Waals surface area (Å²) in [5.41, 5.74) is 0.967. The van der Waals surface area contributed by atoms with Crippen molar-refractivity contribution in [2.75, 3.05) is 5.32 Å². The number of hydrogen-bond acceptors (Lipinski definition) is 3. The van der Waals surface area contributed by atoms with E-state index < -0.39 is 0 Å². The molecule has 0 radical (unpaired) electrons. The molecule has 0 spiro atoms. The third kappa shape index (κ3) is 4.02. The molecule has 2 aromatic rings. The number of unbranched alkanes of at least 4 members (excludes halogenated alkanes) is 2. The summed E-state index contributed by atoms with van der Waals surface area (Å²) in [4.78, 5) is 11.9. The third-order valence-corrected chi connectivity index (χ3v) is 4.73. The van der Waals surface area contributed by atoms with Crippen molar-refractivity contribution in [1.82, 2.24) is 10.2 Å². The Bertz CT molecular complexity index is 795. The van der Waals surface area contributed by atoms with Crippen LogP contribution in [0.3, 0.4) is 0 Å². The minimum Gasteiger partial charge on any atom is -0.310 e. The highest BCUT2D eigenvalue weighted by molar-refractivity contribution is 6.49. The molecule has 2 rings (SSSR count). The largest absolute Gasteiger partial charge is 0.310 e. The van der Waals surface area contributed by atoms with Gasteiger partial charge in [-0.05, 0) is 18.6 Å². The number of aromatic amines is 1. The fourth-order valence-electron chi connectivity index (χ4n) is 2.18. The van der Waals surface area contributed by atoms with Gasteiger partial charge in [-0.25, -0.2) is 0 Å². The van der Waals surface area contributed by atoms with E-state index in [1.165, 1.54) is 0 Å². The van der Waals surface area contributed by atoms with Crippen LogP contribution in [-0.4, -0.2) is 16.1 Å². The van der Waals surface area contributed by atoms with E-state index in [4.69, 9.17) is 34.8 Å². The number of nitrogens with one attached hydrogen (secondary N) is 2. The molecule has 24 heavy (non-hydrogen) atoms. The van der Waals surface area contributed by atoms with Crippen LogP contribution in [0.2, 0.25) is 15.1 Å². The van der Waals surface area contributed by atoms with Crippen LogP contribution in [0, 0.1) is 11.3 Å². The molecule has 2 N–H and O–H groups in total. The van der Waals surface area contributed by atoms with Crippen LogP contribution in [0.4, 0.5) is 5.82 Å². The van der Waals surface area contributed by atoms with Crippen molar-refractivity contribution >= 4 is 46.5 Å². The molecule has 1 aromatic carbocycles. The second-order valence-electron chi connectivity index (χ2n) is 5.16. The van der Waals surface area contributed by atoms with Crippen molar-refractivity contribution in [3.63, 3.8) is 0 Å². The summed E-state index contributed by atoms with van der Waals surface area (Å²) in [5, 5.41) is 19.6. The number of halogens is 3. The number of nitriles is 1. The lowest BCUT2D eigenvalue weighted by Gasteiger charge is -2.05. The minimum absolute atomic E-state index is 0.171. The van der Waals surface area contributed by atoms with Crippen molar-refractivity contribution in [1.29, 1.82) is 5.26 Å². The minimum atomic E-state index is -0.171. The summed E-state index contributed by atoms with van der Waals surface area (Å²) in [6, 6.07) is 5.23. The monoisotopic (exact) mass is 384 g/mol. The first-order valence-corrected chi connectivity index (χ1v) is 8.55. The van der Waals surface area contributed by atoms with Gasteiger partial charge >= 0.3 is 0 Å². The molecule has 0 atom stereocenters. The number of carbonyl (C=O) groups excluding carboxylic acids is 1. The van der Waals surface area contributed by atoms with Crippen LogP contribution >= 0.6 is 34.8 Å². The lowest BCUT2D eigenvalue weighted by molar-refractivity contribution is -0.116. The van der Waals surface area contributed by atoms with Crippen molar-refractivity contribution in [2.45, 2.75) is 32.6 Å². The van der Waals surface area contributed by atoms with Gasteiger partial charge < -0.3 is 5.32 Å². The number of H-pyrrole nitrogens is 1. The van der Waals surface area contributed by atoms with E-state index in [-0.39, 0.29) is 27.3 Å². The van der Waals surface area contributed by atoms with E-state index in [0.717, 1.165) is 19.3 Å². The number of nitrogens with zero attached hydrogens (tertiary/aromatic N) is 2. The van der Waals surface area contributed by atoms with E-state index in [1.54, 1.807) is 12.1 Å². The highest BCUT2D eigenvalue weighted by atomic mass is 35.5. The van der Waals surface area contributed by atoms with Crippen LogP contribution in [0.5, 0.6) is 0 Å². The molecule has 1 heterocycles. The maximum atomic E-state index is 11.9. The molecule has 0 saturated heterocycles. The van der Waals surface area contributed by atoms with Gasteiger partial charge in [-0.2, -0.15) is 10.4 Å². The molecule has 1 amide bonds. The van der Waals surface area contributed by atoms with Gasteiger partial charge in [0.25, 0.3) is 0 Å². The molecule has 0 aliphatic carbocycles. The van der Waals surface area contributed by atoms with E-state index in [1.807, 2.05) is 6.07 Å². The first-order valence-electron chi connectivity index (χ1n) is 7.41. The topological polar surface area (TPSA) is 81.6 Å². The molecule has 0 unspecified atom stereocenters. The second-order valence-corrected chi connectivity index (χ2v) is 6.33. The number of rotatable bonds is 6. The van der Waals surface area contributed by atoms with Crippen molar-refractivity contribution in [2.24, 2.45) is 0 Å². The molecular formula is C16H15Cl3N4O. The van der Waals surface area contributed by atoms with Gasteiger partial charge in [-0.1, -0.05) is 54.6 Å². The number of anilines is 1. The predicted molar refractivity (Wildman–Crippen MR) is 96.5 cm³/mol. The second kappa shape index (κ2) is 8.39. The molecular weight excluding hydrogens is 371 g/mol. The van der Waals surface area contributed by atoms with Gasteiger partial charge in [0.15, 0.2) is 0 Å². The highest BCUT2D eigenvalue weighted by Gasteiger charge is 2.20. The molecule has 126 valence electrons. The summed E-state index contributed by atoms with van der Waals surface area (Å²) in [5.74, 6) is 0.0755. The summed E-state index contributed by atoms with van der Waals surface area (Å²) >= 11 is 18.1. The zero-order valence-electron chi connectivity index (χ0n) is 12.9. The lowest BCUT2D eigenvalue weighted by Crippen LogP contribution is -2.12. The van der Waals surface area contributed by atoms with Crippen molar-refractivity contribution in [3.8, 4) is 17.3 Å². The van der Waals surface area contributed by atoms with Crippen LogP contribution < -0.4 is 5.32 Å². The Hall–Kier alpha value is -1.74. The lowest BCUT2D eigenvalue weighted by atomic mass is 10.1. The van der Waals surface area contributed by atoms with Gasteiger partial charge in [-0.3, -0.25) is 9.89 Å². The smallest absolute Gasteiger partial charge is 0.225 e. The SMILES string of the molecule is CCCCCC(=O)Nc1[nH]nc(-c2ccc(Cl)c(Cl)c2Cl)c1C#N. The van der Waals surface area contributed by atoms with Gasteiger partial charge in [0, 0.05) is 12.0 Å². The standard InChI is InChI=1S/C16H15Cl3N4O/c1-2-3-4-5-12(24)21-16-10(8-20)15(22-23-16)9-6-7-11(17)14(19)13(9)18/h6-7H,2-5H2,1H3,(H2,21,22,23,24). The number of amides is 1. The first-order chi connectivity index (χ1) is 11.5. The zero-order valence-corrected chi connectivity index (χ0v) is 15.2. The molecule has 8 heteroatoms. The molecule has 0 saturated carbocycles. The van der Waals surface area contributed by atoms with Crippen molar-refractivity contribution in [3.05, 3.63) is 32.8 Å². The van der Waals surface area contributed by atoms with Crippen LogP contribution in [0.15, 0.2) is 12.1 Å². The molecule has 1 aromatic heterocycles. The Kier molecular flexibility index (Phi) is 6.50. The van der Waals surface area contributed by atoms with Crippen LogP contribution in [-0.2, 0) is 4.79 Å². The van der Waals surface area contributed by atoms with E-state index in [0.29, 0.717) is 22.7 Å². The summed E-state index contributed by atoms with van der Waals surface area (Å²) in [6.07, 6.45) is 3.19. The third-order valence-electron chi connectivity index (χ3n) is 3.44. The zero-order chi connectivity index (χ0) is 17.7. The molecule has 0 fully saturated rings. The molecule has 5 nitrogen and oxygen atoms in total. The average molecular weight is 386 g/mol. The van der Waals surface area contributed by atoms with E-state index in [9.17, 15) is 10.1 Å². The Morgan fingerprint density at radius 3 is 2.71 bits per heavy atom. The van der Waals surface area contributed by atoms with Gasteiger partial charge in [-0.15, -0.1) is 0 Å². The Morgan fingerprint density at radius 2 is 2.04 bits per heavy atom. The maximum absolute atomic E-state index is 11.9. The summed E-state index contributed by atoms with van der Waals surface area (Å²) in [7, 11) is 0. The number of aromatic nitrogens is 2. The van der Waals surface area contributed by atoms with E-state index in [2.05, 4.69) is 22.4 Å². The van der Waals surface area contributed by atoms with Crippen molar-refractivity contribution < 1.29 is 4.79 Å². The predicted octanol–water partition coefficient (Wildman–Crippen LogP) is 5.43. The highest BCUT2D eigenvalue weighted by Crippen LogP contribution is 2.39. The molecule has 0 aliphatic rings. The molecule has 0 bridgehead atoms. The van der Waals surface area contributed by atoms with Crippen LogP contribution in [0.25, 0.3) is 11.3 Å². The Labute approximate surface area is 154 Å². The fraction of sp³-hybridized carbons (Fsp3) is 0.312. The van der Waals surface area contributed by atoms with E-state index >= 15 is 0 Å². The Balaban J connectivity index is 2.29. The number of carbonyl (C=O) groups is 1. The summed E-state index contributed by atoms with van der Waals surface area (Å²) in [6.45, 7) is 2.06.